The fourth-order valence-electron chi connectivity index (χ4n) is 15.0. The van der Waals surface area contributed by atoms with E-state index in [4.69, 9.17) is 2.74 Å². The molecule has 0 spiro atoms. The topological polar surface area (TPSA) is 9.72 Å². The minimum Gasteiger partial charge on any atom is -0.311 e. The van der Waals surface area contributed by atoms with Gasteiger partial charge in [0.1, 0.15) is 0 Å². The van der Waals surface area contributed by atoms with E-state index in [2.05, 4.69) is 169 Å². The summed E-state index contributed by atoms with van der Waals surface area (Å²) in [7, 11) is 0. The van der Waals surface area contributed by atoms with Crippen LogP contribution in [0.5, 0.6) is 0 Å². The van der Waals surface area contributed by atoms with Gasteiger partial charge in [-0.2, -0.15) is 11.3 Å². The van der Waals surface area contributed by atoms with E-state index in [1.165, 1.54) is 59.0 Å². The highest BCUT2D eigenvalue weighted by atomic mass is 32.1. The molecule has 7 aromatic rings. The van der Waals surface area contributed by atoms with Gasteiger partial charge in [0.2, 0.25) is 0 Å². The zero-order valence-electron chi connectivity index (χ0n) is 58.8. The molecule has 0 fully saturated rings. The lowest BCUT2D eigenvalue weighted by Gasteiger charge is -2.48. The maximum Gasteiger partial charge on any atom is 0.264 e. The van der Waals surface area contributed by atoms with E-state index < -0.39 is 60.4 Å². The van der Waals surface area contributed by atoms with Crippen molar-refractivity contribution in [2.24, 2.45) is 0 Å². The van der Waals surface area contributed by atoms with Crippen LogP contribution in [0.2, 0.25) is 0 Å². The van der Waals surface area contributed by atoms with Crippen molar-refractivity contribution < 1.29 is 13.7 Å². The van der Waals surface area contributed by atoms with E-state index in [0.29, 0.717) is 0 Å². The highest BCUT2D eigenvalue weighted by molar-refractivity contribution is 7.29. The summed E-state index contributed by atoms with van der Waals surface area (Å²) in [6, 6.07) is 17.3. The smallest absolute Gasteiger partial charge is 0.264 e. The predicted molar refractivity (Wildman–Crippen MR) is 334 cm³/mol. The van der Waals surface area contributed by atoms with E-state index in [1.807, 2.05) is 23.5 Å². The third-order valence-corrected chi connectivity index (χ3v) is 22.0. The van der Waals surface area contributed by atoms with Crippen molar-refractivity contribution in [2.45, 2.75) is 205 Å². The van der Waals surface area contributed by atoms with Crippen LogP contribution in [0, 0.1) is 0 Å². The number of fused-ring (bicyclic) bond motifs is 9. The molecule has 0 atom stereocenters. The van der Waals surface area contributed by atoms with E-state index in [9.17, 15) is 11.0 Å². The van der Waals surface area contributed by atoms with Crippen molar-refractivity contribution in [1.82, 2.24) is 0 Å². The van der Waals surface area contributed by atoms with Gasteiger partial charge in [0.05, 0.1) is 25.1 Å². The molecular formula is C72H84BN3S. The summed E-state index contributed by atoms with van der Waals surface area (Å²) in [6.07, 6.45) is 8.12. The molecule has 6 aliphatic rings. The summed E-state index contributed by atoms with van der Waals surface area (Å²) in [5.74, 6) is 0. The molecule has 6 aromatic carbocycles. The van der Waals surface area contributed by atoms with Gasteiger partial charge in [-0.15, -0.1) is 0 Å². The molecule has 0 unspecified atom stereocenters. The first kappa shape index (κ1) is 40.6. The molecule has 77 heavy (non-hydrogen) atoms. The summed E-state index contributed by atoms with van der Waals surface area (Å²) < 4.78 is 94.9. The number of nitrogens with zero attached hydrogens (tertiary/aromatic N) is 3. The third-order valence-electron chi connectivity index (χ3n) is 20.4. The van der Waals surface area contributed by atoms with E-state index in [0.717, 1.165) is 91.0 Å². The van der Waals surface area contributed by atoms with Crippen molar-refractivity contribution >= 4 is 84.9 Å². The van der Waals surface area contributed by atoms with Crippen molar-refractivity contribution in [3.63, 3.8) is 0 Å². The second kappa shape index (κ2) is 16.5. The van der Waals surface area contributed by atoms with Gasteiger partial charge in [-0.3, -0.25) is 0 Å². The van der Waals surface area contributed by atoms with E-state index >= 15 is 0 Å². The van der Waals surface area contributed by atoms with Gasteiger partial charge in [0, 0.05) is 49.5 Å². The second-order valence-electron chi connectivity index (χ2n) is 29.3. The van der Waals surface area contributed by atoms with Crippen LogP contribution in [-0.4, -0.2) is 6.71 Å². The molecule has 0 saturated carbocycles. The van der Waals surface area contributed by atoms with Crippen LogP contribution in [0.4, 0.5) is 51.2 Å². The van der Waals surface area contributed by atoms with Gasteiger partial charge >= 0.3 is 0 Å². The normalized spacial score (nSPS) is 23.4. The number of anilines is 9. The zero-order valence-corrected chi connectivity index (χ0v) is 49.6. The first-order valence-corrected chi connectivity index (χ1v) is 29.5. The Morgan fingerprint density at radius 3 is 1.31 bits per heavy atom. The summed E-state index contributed by atoms with van der Waals surface area (Å²) in [6.45, 7) is 37.7. The SMILES string of the molecule is [2H]c1c([2H])c([2H])c(N(c2cc3c4c(c2)N(c2ccc5c(c2)C(C)(C)CCC5(C)C)c2c(sc5c2C(C)(C)CCC5(C)C)B4c2cc4c(cc2N3c2ccc3c(c2)C(C)(C)CCC3(C)C)C(C)(C)CCC4(C)C)c2c([2H])c([2H])c([2H])c([2H])c2[2H])c([2H])c1[2H]. The van der Waals surface area contributed by atoms with Crippen LogP contribution >= 0.6 is 11.3 Å². The quantitative estimate of drug-likeness (QED) is 0.159. The van der Waals surface area contributed by atoms with E-state index in [1.54, 1.807) is 0 Å². The van der Waals surface area contributed by atoms with Gasteiger partial charge in [-0.05, 0) is 211 Å². The van der Waals surface area contributed by atoms with Crippen LogP contribution < -0.4 is 30.4 Å². The Balaban J connectivity index is 1.27. The Hall–Kier alpha value is -5.52. The van der Waals surface area contributed by atoms with Crippen LogP contribution in [0.25, 0.3) is 0 Å². The number of hydrogen-bond donors (Lipinski definition) is 0. The molecule has 396 valence electrons. The Morgan fingerprint density at radius 2 is 0.818 bits per heavy atom. The number of thiophene rings is 1. The average Bonchev–Trinajstić information content (AvgIpc) is 1.66. The first-order valence-electron chi connectivity index (χ1n) is 33.7. The van der Waals surface area contributed by atoms with E-state index in [-0.39, 0.29) is 67.1 Å². The zero-order chi connectivity index (χ0) is 63.1. The Bertz CT molecular complexity index is 4060. The molecule has 1 aromatic heterocycles. The molecule has 3 heterocycles. The molecule has 2 aliphatic heterocycles. The lowest BCUT2D eigenvalue weighted by Crippen LogP contribution is -2.61. The molecule has 4 aliphatic carbocycles. The monoisotopic (exact) mass is 1040 g/mol. The van der Waals surface area contributed by atoms with Crippen molar-refractivity contribution in [2.75, 3.05) is 14.7 Å². The van der Waals surface area contributed by atoms with Crippen LogP contribution in [0.3, 0.4) is 0 Å². The Labute approximate surface area is 481 Å². The van der Waals surface area contributed by atoms with Crippen molar-refractivity contribution in [1.29, 1.82) is 0 Å². The molecule has 0 bridgehead atoms. The summed E-state index contributed by atoms with van der Waals surface area (Å²) >= 11 is 1.96. The maximum atomic E-state index is 9.78. The summed E-state index contributed by atoms with van der Waals surface area (Å²) in [4.78, 5) is 7.67. The van der Waals surface area contributed by atoms with Crippen LogP contribution in [-0.2, 0) is 43.3 Å². The van der Waals surface area contributed by atoms with Crippen molar-refractivity contribution in [3.05, 3.63) is 165 Å². The lowest BCUT2D eigenvalue weighted by atomic mass is 9.35. The third kappa shape index (κ3) is 7.61. The summed E-state index contributed by atoms with van der Waals surface area (Å²) in [5, 5.41) is 0. The highest BCUT2D eigenvalue weighted by Crippen LogP contribution is 2.59. The highest BCUT2D eigenvalue weighted by Gasteiger charge is 2.53. The molecule has 0 N–H and O–H groups in total. The predicted octanol–water partition coefficient (Wildman–Crippen LogP) is 18.7. The largest absolute Gasteiger partial charge is 0.311 e. The Morgan fingerprint density at radius 1 is 0.416 bits per heavy atom. The maximum absolute atomic E-state index is 9.78. The van der Waals surface area contributed by atoms with Crippen LogP contribution in [0.1, 0.15) is 220 Å². The molecule has 0 saturated heterocycles. The average molecular weight is 1040 g/mol. The number of benzene rings is 6. The molecule has 0 amide bonds. The molecular weight excluding hydrogens is 950 g/mol. The first-order chi connectivity index (χ1) is 40.3. The standard InChI is InChI=1S/C72H84BN3S/c1-65(2)31-33-67(5,6)52-39-47(27-29-50(52)65)75-57-44-55-54(69(9,10)35-36-70(55,11)12)43-56(57)73-61-58(75)41-49(74(45-23-19-17-20-24-45)46-25-21-18-22-26-46)42-59(61)76(48-28-30-51-53(40-48)68(7,8)34-32-66(51,3)4)62-60-63(77-64(62)73)72(15,16)38-37-71(60,13)14/h17-30,39-44H,31-38H2,1-16H3/i17D,18D,19D,20D,21D,22D,23D,24D,25D,26D. The number of para-hydroxylation sites is 2. The van der Waals surface area contributed by atoms with Gasteiger partial charge in [0.25, 0.3) is 6.71 Å². The van der Waals surface area contributed by atoms with Gasteiger partial charge < -0.3 is 14.7 Å². The second-order valence-corrected chi connectivity index (χ2v) is 30.3. The van der Waals surface area contributed by atoms with Gasteiger partial charge in [-0.1, -0.05) is 165 Å². The minimum absolute atomic E-state index is 0.0765. The van der Waals surface area contributed by atoms with Crippen molar-refractivity contribution in [3.8, 4) is 0 Å². The Kier molecular flexibility index (Phi) is 8.72. The van der Waals surface area contributed by atoms with Gasteiger partial charge in [-0.25, -0.2) is 0 Å². The van der Waals surface area contributed by atoms with Crippen LogP contribution in [0.15, 0.2) is 121 Å². The summed E-state index contributed by atoms with van der Waals surface area (Å²) in [5.41, 5.74) is 15.5. The number of hydrogen-bond acceptors (Lipinski definition) is 4. The van der Waals surface area contributed by atoms with Gasteiger partial charge in [0.15, 0.2) is 0 Å². The molecule has 5 heteroatoms. The minimum atomic E-state index is -0.603. The lowest BCUT2D eigenvalue weighted by molar-refractivity contribution is 0.332. The molecule has 0 radical (unpaired) electrons. The molecule has 13 rings (SSSR count). The fraction of sp³-hybridized carbons (Fsp3) is 0.444. The fourth-order valence-corrected chi connectivity index (χ4v) is 16.7. The number of rotatable bonds is 5. The molecule has 3 nitrogen and oxygen atoms in total.